The first-order valence-corrected chi connectivity index (χ1v) is 9.69. The zero-order chi connectivity index (χ0) is 20.1. The summed E-state index contributed by atoms with van der Waals surface area (Å²) in [5.74, 6) is 0.499. The average molecular weight is 385 g/mol. The number of nitrogens with zero attached hydrogens (tertiary/aromatic N) is 2. The lowest BCUT2D eigenvalue weighted by atomic mass is 9.86. The Labute approximate surface area is 163 Å². The van der Waals surface area contributed by atoms with E-state index in [1.807, 2.05) is 6.07 Å². The quantitative estimate of drug-likeness (QED) is 0.727. The topological polar surface area (TPSA) is 107 Å². The number of fused-ring (bicyclic) bond motifs is 1. The van der Waals surface area contributed by atoms with Crippen LogP contribution in [0.3, 0.4) is 0 Å². The SMILES string of the molecule is C[C@H]1CCCC[C@@H]1NC(=O)NC(=O)CN(C)Cc1nc2ccccc2c(=O)[nH]1. The summed E-state index contributed by atoms with van der Waals surface area (Å²) in [6, 6.07) is 6.77. The molecule has 3 rings (SSSR count). The van der Waals surface area contributed by atoms with Crippen LogP contribution in [0.25, 0.3) is 10.9 Å². The standard InChI is InChI=1S/C20H27N5O3/c1-13-7-3-5-9-15(13)22-20(28)24-18(26)12-25(2)11-17-21-16-10-6-4-8-14(16)19(27)23-17/h4,6,8,10,13,15H,3,5,7,9,11-12H2,1-2H3,(H,21,23,27)(H2,22,24,26,28)/t13-,15-/m0/s1. The fraction of sp³-hybridized carbons (Fsp3) is 0.500. The molecule has 1 saturated carbocycles. The zero-order valence-electron chi connectivity index (χ0n) is 16.3. The third kappa shape index (κ3) is 5.16. The monoisotopic (exact) mass is 385 g/mol. The maximum absolute atomic E-state index is 12.2. The maximum Gasteiger partial charge on any atom is 0.321 e. The number of para-hydroxylation sites is 1. The van der Waals surface area contributed by atoms with Gasteiger partial charge in [0.15, 0.2) is 0 Å². The molecule has 2 aromatic rings. The van der Waals surface area contributed by atoms with Crippen molar-refractivity contribution in [1.29, 1.82) is 0 Å². The van der Waals surface area contributed by atoms with Crippen LogP contribution in [0.2, 0.25) is 0 Å². The number of urea groups is 1. The Bertz CT molecular complexity index is 910. The first-order valence-electron chi connectivity index (χ1n) is 9.69. The number of aromatic amines is 1. The van der Waals surface area contributed by atoms with Gasteiger partial charge in [-0.2, -0.15) is 0 Å². The molecule has 1 aromatic carbocycles. The number of hydrogen-bond donors (Lipinski definition) is 3. The molecule has 28 heavy (non-hydrogen) atoms. The van der Waals surface area contributed by atoms with E-state index in [1.165, 1.54) is 6.42 Å². The predicted molar refractivity (Wildman–Crippen MR) is 107 cm³/mol. The summed E-state index contributed by atoms with van der Waals surface area (Å²) in [5.41, 5.74) is 0.402. The Morgan fingerprint density at radius 2 is 2.00 bits per heavy atom. The van der Waals surface area contributed by atoms with Gasteiger partial charge in [0.05, 0.1) is 24.0 Å². The number of amides is 3. The van der Waals surface area contributed by atoms with Crippen molar-refractivity contribution in [3.8, 4) is 0 Å². The molecule has 1 fully saturated rings. The van der Waals surface area contributed by atoms with Crippen molar-refractivity contribution in [3.63, 3.8) is 0 Å². The Hall–Kier alpha value is -2.74. The molecule has 1 aliphatic rings. The van der Waals surface area contributed by atoms with Gasteiger partial charge in [0.1, 0.15) is 5.82 Å². The summed E-state index contributed by atoms with van der Waals surface area (Å²) in [7, 11) is 1.73. The van der Waals surface area contributed by atoms with Gasteiger partial charge < -0.3 is 10.3 Å². The van der Waals surface area contributed by atoms with Crippen LogP contribution in [-0.2, 0) is 11.3 Å². The van der Waals surface area contributed by atoms with Gasteiger partial charge >= 0.3 is 6.03 Å². The fourth-order valence-corrected chi connectivity index (χ4v) is 3.67. The minimum Gasteiger partial charge on any atom is -0.335 e. The fourth-order valence-electron chi connectivity index (χ4n) is 3.67. The van der Waals surface area contributed by atoms with Gasteiger partial charge in [-0.05, 0) is 37.9 Å². The van der Waals surface area contributed by atoms with Crippen LogP contribution in [0.4, 0.5) is 4.79 Å². The largest absolute Gasteiger partial charge is 0.335 e. The average Bonchev–Trinajstić information content (AvgIpc) is 2.63. The molecular weight excluding hydrogens is 358 g/mol. The van der Waals surface area contributed by atoms with Crippen molar-refractivity contribution >= 4 is 22.8 Å². The summed E-state index contributed by atoms with van der Waals surface area (Å²) in [6.07, 6.45) is 4.33. The van der Waals surface area contributed by atoms with Crippen molar-refractivity contribution in [2.45, 2.75) is 45.2 Å². The maximum atomic E-state index is 12.2. The molecule has 150 valence electrons. The number of H-pyrrole nitrogens is 1. The summed E-state index contributed by atoms with van der Waals surface area (Å²) in [6.45, 7) is 2.43. The minimum absolute atomic E-state index is 0.0180. The van der Waals surface area contributed by atoms with Crippen LogP contribution in [0, 0.1) is 5.92 Å². The second-order valence-corrected chi connectivity index (χ2v) is 7.59. The number of carbonyl (C=O) groups excluding carboxylic acids is 2. The molecule has 1 aliphatic carbocycles. The Morgan fingerprint density at radius 3 is 2.79 bits per heavy atom. The van der Waals surface area contributed by atoms with Crippen molar-refractivity contribution in [3.05, 3.63) is 40.4 Å². The van der Waals surface area contributed by atoms with Crippen LogP contribution >= 0.6 is 0 Å². The summed E-state index contributed by atoms with van der Waals surface area (Å²) in [4.78, 5) is 45.2. The van der Waals surface area contributed by atoms with E-state index in [4.69, 9.17) is 0 Å². The van der Waals surface area contributed by atoms with Gasteiger partial charge in [-0.15, -0.1) is 0 Å². The van der Waals surface area contributed by atoms with E-state index >= 15 is 0 Å². The van der Waals surface area contributed by atoms with Crippen molar-refractivity contribution in [1.82, 2.24) is 25.5 Å². The Kier molecular flexibility index (Phi) is 6.41. The summed E-state index contributed by atoms with van der Waals surface area (Å²) < 4.78 is 0. The molecule has 0 spiro atoms. The molecule has 1 aromatic heterocycles. The normalized spacial score (nSPS) is 19.5. The van der Waals surface area contributed by atoms with Crippen LogP contribution < -0.4 is 16.2 Å². The van der Waals surface area contributed by atoms with Gasteiger partial charge in [0.25, 0.3) is 5.56 Å². The minimum atomic E-state index is -0.450. The number of imide groups is 1. The summed E-state index contributed by atoms with van der Waals surface area (Å²) in [5, 5.41) is 5.81. The van der Waals surface area contributed by atoms with E-state index in [2.05, 4.69) is 27.5 Å². The van der Waals surface area contributed by atoms with Gasteiger partial charge in [0.2, 0.25) is 5.91 Å². The smallest absolute Gasteiger partial charge is 0.321 e. The third-order valence-electron chi connectivity index (χ3n) is 5.18. The molecule has 0 aliphatic heterocycles. The molecule has 3 amide bonds. The molecule has 8 nitrogen and oxygen atoms in total. The molecule has 0 radical (unpaired) electrons. The van der Waals surface area contributed by atoms with Gasteiger partial charge in [-0.25, -0.2) is 9.78 Å². The van der Waals surface area contributed by atoms with E-state index in [0.29, 0.717) is 22.6 Å². The molecule has 8 heteroatoms. The third-order valence-corrected chi connectivity index (χ3v) is 5.18. The first kappa shape index (κ1) is 20.0. The van der Waals surface area contributed by atoms with E-state index in [0.717, 1.165) is 19.3 Å². The molecule has 0 saturated heterocycles. The van der Waals surface area contributed by atoms with Gasteiger partial charge in [0, 0.05) is 6.04 Å². The molecule has 3 N–H and O–H groups in total. The van der Waals surface area contributed by atoms with E-state index < -0.39 is 11.9 Å². The lowest BCUT2D eigenvalue weighted by molar-refractivity contribution is -0.121. The number of nitrogens with one attached hydrogen (secondary N) is 3. The lowest BCUT2D eigenvalue weighted by Crippen LogP contribution is -2.49. The lowest BCUT2D eigenvalue weighted by Gasteiger charge is -2.29. The van der Waals surface area contributed by atoms with E-state index in [1.54, 1.807) is 30.1 Å². The number of aromatic nitrogens is 2. The van der Waals surface area contributed by atoms with Crippen molar-refractivity contribution < 1.29 is 9.59 Å². The van der Waals surface area contributed by atoms with Crippen molar-refractivity contribution in [2.75, 3.05) is 13.6 Å². The molecule has 0 bridgehead atoms. The Morgan fingerprint density at radius 1 is 1.25 bits per heavy atom. The van der Waals surface area contributed by atoms with Gasteiger partial charge in [-0.1, -0.05) is 31.9 Å². The van der Waals surface area contributed by atoms with E-state index in [9.17, 15) is 14.4 Å². The highest BCUT2D eigenvalue weighted by atomic mass is 16.2. The van der Waals surface area contributed by atoms with Crippen LogP contribution in [0.15, 0.2) is 29.1 Å². The van der Waals surface area contributed by atoms with Crippen LogP contribution in [-0.4, -0.2) is 46.4 Å². The molecule has 2 atom stereocenters. The highest BCUT2D eigenvalue weighted by Crippen LogP contribution is 2.23. The number of benzene rings is 1. The Balaban J connectivity index is 1.51. The number of hydrogen-bond acceptors (Lipinski definition) is 5. The zero-order valence-corrected chi connectivity index (χ0v) is 16.3. The second-order valence-electron chi connectivity index (χ2n) is 7.59. The van der Waals surface area contributed by atoms with Crippen molar-refractivity contribution in [2.24, 2.45) is 5.92 Å². The van der Waals surface area contributed by atoms with Crippen LogP contribution in [0.5, 0.6) is 0 Å². The molecular formula is C20H27N5O3. The number of carbonyl (C=O) groups is 2. The summed E-state index contributed by atoms with van der Waals surface area (Å²) >= 11 is 0. The van der Waals surface area contributed by atoms with Crippen LogP contribution in [0.1, 0.15) is 38.4 Å². The number of rotatable bonds is 5. The van der Waals surface area contributed by atoms with Gasteiger partial charge in [-0.3, -0.25) is 19.8 Å². The first-order chi connectivity index (χ1) is 13.4. The molecule has 1 heterocycles. The number of likely N-dealkylation sites (N-methyl/N-ethyl adjacent to an activating group) is 1. The highest BCUT2D eigenvalue weighted by molar-refractivity contribution is 5.95. The highest BCUT2D eigenvalue weighted by Gasteiger charge is 2.23. The van der Waals surface area contributed by atoms with E-state index in [-0.39, 0.29) is 24.7 Å². The molecule has 0 unspecified atom stereocenters. The predicted octanol–water partition coefficient (Wildman–Crippen LogP) is 1.76. The second kappa shape index (κ2) is 8.97.